The van der Waals surface area contributed by atoms with Gasteiger partial charge in [-0.1, -0.05) is 43.5 Å². The molecule has 2 aliphatic carbocycles. The first-order chi connectivity index (χ1) is 10.2. The predicted molar refractivity (Wildman–Crippen MR) is 87.6 cm³/mol. The van der Waals surface area contributed by atoms with Crippen LogP contribution in [0.3, 0.4) is 0 Å². The molecule has 1 aromatic carbocycles. The first kappa shape index (κ1) is 15.3. The lowest BCUT2D eigenvalue weighted by Gasteiger charge is -2.40. The second-order valence-corrected chi connectivity index (χ2v) is 7.39. The van der Waals surface area contributed by atoms with Crippen molar-refractivity contribution in [3.05, 3.63) is 34.9 Å². The molecule has 0 radical (unpaired) electrons. The summed E-state index contributed by atoms with van der Waals surface area (Å²) in [5.74, 6) is 0.768. The van der Waals surface area contributed by atoms with Crippen LogP contribution in [0.1, 0.15) is 51.0 Å². The number of hydrogen-bond donors (Lipinski definition) is 1. The topological polar surface area (TPSA) is 21.3 Å². The molecule has 2 fully saturated rings. The Morgan fingerprint density at radius 2 is 2.00 bits per heavy atom. The van der Waals surface area contributed by atoms with Crippen molar-refractivity contribution >= 4 is 11.6 Å². The maximum atomic E-state index is 6.44. The highest BCUT2D eigenvalue weighted by Gasteiger charge is 2.37. The summed E-state index contributed by atoms with van der Waals surface area (Å²) < 4.78 is 6.44. The molecule has 116 valence electrons. The molecule has 3 rings (SSSR count). The molecule has 3 heteroatoms. The average molecular weight is 308 g/mol. The van der Waals surface area contributed by atoms with E-state index in [0.29, 0.717) is 6.61 Å². The van der Waals surface area contributed by atoms with Crippen LogP contribution in [0.25, 0.3) is 0 Å². The predicted octanol–water partition coefficient (Wildman–Crippen LogP) is 4.56. The smallest absolute Gasteiger partial charge is 0.0813 e. The molecule has 0 spiro atoms. The normalized spacial score (nSPS) is 29.5. The van der Waals surface area contributed by atoms with E-state index in [1.165, 1.54) is 44.1 Å². The van der Waals surface area contributed by atoms with Crippen LogP contribution in [0, 0.1) is 5.92 Å². The molecule has 2 atom stereocenters. The summed E-state index contributed by atoms with van der Waals surface area (Å²) in [5, 5.41) is 4.47. The van der Waals surface area contributed by atoms with Gasteiger partial charge in [0.15, 0.2) is 0 Å². The lowest BCUT2D eigenvalue weighted by atomic mass is 9.78. The maximum absolute atomic E-state index is 6.44. The third-order valence-electron chi connectivity index (χ3n) is 4.80. The number of rotatable bonds is 6. The van der Waals surface area contributed by atoms with Crippen LogP contribution in [0.2, 0.25) is 5.02 Å². The molecule has 2 unspecified atom stereocenters. The lowest BCUT2D eigenvalue weighted by molar-refractivity contribution is -0.0891. The van der Waals surface area contributed by atoms with Gasteiger partial charge in [-0.25, -0.2) is 0 Å². The van der Waals surface area contributed by atoms with E-state index < -0.39 is 0 Å². The minimum absolute atomic E-state index is 0.0277. The lowest BCUT2D eigenvalue weighted by Crippen LogP contribution is -2.46. The monoisotopic (exact) mass is 307 g/mol. The summed E-state index contributed by atoms with van der Waals surface area (Å²) in [5.41, 5.74) is 1.24. The molecule has 0 aliphatic heterocycles. The van der Waals surface area contributed by atoms with Gasteiger partial charge in [0.2, 0.25) is 0 Å². The summed E-state index contributed by atoms with van der Waals surface area (Å²) in [6, 6.07) is 8.77. The molecule has 0 amide bonds. The molecular weight excluding hydrogens is 282 g/mol. The van der Waals surface area contributed by atoms with Crippen molar-refractivity contribution in [2.45, 2.75) is 63.7 Å². The SMILES string of the molecule is CC1CCCC(CNC2CC2)(OCc2ccc(Cl)cc2)C1. The van der Waals surface area contributed by atoms with Crippen molar-refractivity contribution in [1.29, 1.82) is 0 Å². The van der Waals surface area contributed by atoms with Crippen LogP contribution < -0.4 is 5.32 Å². The highest BCUT2D eigenvalue weighted by Crippen LogP contribution is 2.36. The molecule has 1 aromatic rings. The van der Waals surface area contributed by atoms with Crippen molar-refractivity contribution in [2.75, 3.05) is 6.54 Å². The summed E-state index contributed by atoms with van der Waals surface area (Å²) in [7, 11) is 0. The minimum atomic E-state index is 0.0277. The van der Waals surface area contributed by atoms with E-state index in [0.717, 1.165) is 23.5 Å². The Balaban J connectivity index is 1.61. The Morgan fingerprint density at radius 3 is 2.67 bits per heavy atom. The van der Waals surface area contributed by atoms with Gasteiger partial charge in [-0.2, -0.15) is 0 Å². The van der Waals surface area contributed by atoms with Crippen LogP contribution in [-0.2, 0) is 11.3 Å². The number of halogens is 1. The van der Waals surface area contributed by atoms with Crippen molar-refractivity contribution in [3.8, 4) is 0 Å². The average Bonchev–Trinajstić information content (AvgIpc) is 3.29. The largest absolute Gasteiger partial charge is 0.369 e. The zero-order chi connectivity index (χ0) is 14.7. The van der Waals surface area contributed by atoms with Gasteiger partial charge in [-0.3, -0.25) is 0 Å². The molecule has 1 N–H and O–H groups in total. The first-order valence-electron chi connectivity index (χ1n) is 8.27. The Bertz CT molecular complexity index is 457. The highest BCUT2D eigenvalue weighted by molar-refractivity contribution is 6.30. The second kappa shape index (κ2) is 6.68. The van der Waals surface area contributed by atoms with E-state index in [1.54, 1.807) is 0 Å². The zero-order valence-corrected chi connectivity index (χ0v) is 13.7. The van der Waals surface area contributed by atoms with Crippen LogP contribution >= 0.6 is 11.6 Å². The van der Waals surface area contributed by atoms with Gasteiger partial charge in [-0.15, -0.1) is 0 Å². The summed E-state index contributed by atoms with van der Waals surface area (Å²) in [6.45, 7) is 4.06. The van der Waals surface area contributed by atoms with E-state index in [2.05, 4.69) is 24.4 Å². The Morgan fingerprint density at radius 1 is 1.24 bits per heavy atom. The van der Waals surface area contributed by atoms with Crippen molar-refractivity contribution < 1.29 is 4.74 Å². The Hall–Kier alpha value is -0.570. The summed E-state index contributed by atoms with van der Waals surface area (Å²) in [4.78, 5) is 0. The molecule has 0 saturated heterocycles. The van der Waals surface area contributed by atoms with Crippen molar-refractivity contribution in [1.82, 2.24) is 5.32 Å². The minimum Gasteiger partial charge on any atom is -0.369 e. The van der Waals surface area contributed by atoms with Gasteiger partial charge in [0.25, 0.3) is 0 Å². The fourth-order valence-corrected chi connectivity index (χ4v) is 3.52. The molecular formula is C18H26ClNO. The van der Waals surface area contributed by atoms with E-state index in [-0.39, 0.29) is 5.60 Å². The third kappa shape index (κ3) is 4.45. The van der Waals surface area contributed by atoms with Crippen molar-refractivity contribution in [3.63, 3.8) is 0 Å². The fourth-order valence-electron chi connectivity index (χ4n) is 3.39. The van der Waals surface area contributed by atoms with E-state index >= 15 is 0 Å². The Labute approximate surface area is 133 Å². The number of ether oxygens (including phenoxy) is 1. The fraction of sp³-hybridized carbons (Fsp3) is 0.667. The zero-order valence-electron chi connectivity index (χ0n) is 12.9. The summed E-state index contributed by atoms with van der Waals surface area (Å²) in [6.07, 6.45) is 7.67. The van der Waals surface area contributed by atoms with Gasteiger partial charge >= 0.3 is 0 Å². The van der Waals surface area contributed by atoms with E-state index in [4.69, 9.17) is 16.3 Å². The second-order valence-electron chi connectivity index (χ2n) is 6.95. The highest BCUT2D eigenvalue weighted by atomic mass is 35.5. The molecule has 0 heterocycles. The standard InChI is InChI=1S/C18H26ClNO/c1-14-3-2-10-18(11-14,13-20-17-8-9-17)21-12-15-4-6-16(19)7-5-15/h4-7,14,17,20H,2-3,8-13H2,1H3. The molecule has 0 bridgehead atoms. The van der Waals surface area contributed by atoms with Gasteiger partial charge in [0.05, 0.1) is 12.2 Å². The van der Waals surface area contributed by atoms with Crippen LogP contribution in [0.5, 0.6) is 0 Å². The maximum Gasteiger partial charge on any atom is 0.0813 e. The molecule has 2 aliphatic rings. The van der Waals surface area contributed by atoms with Crippen LogP contribution in [0.15, 0.2) is 24.3 Å². The van der Waals surface area contributed by atoms with Gasteiger partial charge in [-0.05, 0) is 49.3 Å². The number of nitrogens with one attached hydrogen (secondary N) is 1. The van der Waals surface area contributed by atoms with Gasteiger partial charge in [0, 0.05) is 17.6 Å². The molecule has 2 saturated carbocycles. The van der Waals surface area contributed by atoms with Crippen LogP contribution in [0.4, 0.5) is 0 Å². The van der Waals surface area contributed by atoms with Crippen LogP contribution in [-0.4, -0.2) is 18.2 Å². The third-order valence-corrected chi connectivity index (χ3v) is 5.05. The molecule has 2 nitrogen and oxygen atoms in total. The van der Waals surface area contributed by atoms with Gasteiger partial charge in [0.1, 0.15) is 0 Å². The molecule has 21 heavy (non-hydrogen) atoms. The number of benzene rings is 1. The van der Waals surface area contributed by atoms with E-state index in [1.807, 2.05) is 12.1 Å². The molecule has 0 aromatic heterocycles. The quantitative estimate of drug-likeness (QED) is 0.832. The van der Waals surface area contributed by atoms with Crippen molar-refractivity contribution in [2.24, 2.45) is 5.92 Å². The Kier molecular flexibility index (Phi) is 4.88. The first-order valence-corrected chi connectivity index (χ1v) is 8.65. The number of hydrogen-bond acceptors (Lipinski definition) is 2. The van der Waals surface area contributed by atoms with E-state index in [9.17, 15) is 0 Å². The van der Waals surface area contributed by atoms with Gasteiger partial charge < -0.3 is 10.1 Å². The summed E-state index contributed by atoms with van der Waals surface area (Å²) >= 11 is 5.95.